The maximum Gasteiger partial charge on any atom is 0.416 e. The third-order valence-electron chi connectivity index (χ3n) is 6.44. The standard InChI is InChI=1S/C23H25ClF4N4O/c1-13-9-15(23(26,27)28)11-20(30-13)32-17-4-3-14(10-17)21(32)22(33)31(8-2-7-29)16-5-6-19(25)18(24)12-16/h5-6,9,11-12,14,17,21H,2-4,7-8,10,29H2,1H3/t14-,17+,21-/m0/s1. The van der Waals surface area contributed by atoms with Crippen LogP contribution in [0, 0.1) is 18.7 Å². The highest BCUT2D eigenvalue weighted by molar-refractivity contribution is 6.31. The summed E-state index contributed by atoms with van der Waals surface area (Å²) < 4.78 is 54.1. The number of halogens is 5. The van der Waals surface area contributed by atoms with Gasteiger partial charge in [-0.3, -0.25) is 4.79 Å². The van der Waals surface area contributed by atoms with Crippen molar-refractivity contribution in [3.8, 4) is 0 Å². The molecule has 10 heteroatoms. The van der Waals surface area contributed by atoms with E-state index in [9.17, 15) is 22.4 Å². The van der Waals surface area contributed by atoms with E-state index in [1.165, 1.54) is 30.0 Å². The molecule has 2 N–H and O–H groups in total. The molecule has 0 unspecified atom stereocenters. The van der Waals surface area contributed by atoms with Crippen molar-refractivity contribution in [3.05, 3.63) is 52.4 Å². The molecule has 33 heavy (non-hydrogen) atoms. The van der Waals surface area contributed by atoms with Gasteiger partial charge in [0.2, 0.25) is 5.91 Å². The molecule has 2 aliphatic rings. The summed E-state index contributed by atoms with van der Waals surface area (Å²) in [5.74, 6) is -0.716. The number of amides is 1. The van der Waals surface area contributed by atoms with Crippen LogP contribution in [0.4, 0.5) is 29.1 Å². The number of alkyl halides is 3. The molecule has 3 atom stereocenters. The van der Waals surface area contributed by atoms with E-state index in [0.717, 1.165) is 25.0 Å². The van der Waals surface area contributed by atoms with Gasteiger partial charge in [0.25, 0.3) is 0 Å². The highest BCUT2D eigenvalue weighted by Crippen LogP contribution is 2.46. The Kier molecular flexibility index (Phi) is 6.55. The van der Waals surface area contributed by atoms with E-state index >= 15 is 0 Å². The van der Waals surface area contributed by atoms with Gasteiger partial charge in [-0.2, -0.15) is 13.2 Å². The minimum Gasteiger partial charge on any atom is -0.341 e. The van der Waals surface area contributed by atoms with Crippen LogP contribution in [0.25, 0.3) is 0 Å². The van der Waals surface area contributed by atoms with Crippen molar-refractivity contribution in [1.82, 2.24) is 4.98 Å². The van der Waals surface area contributed by atoms with Gasteiger partial charge >= 0.3 is 6.18 Å². The van der Waals surface area contributed by atoms with Gasteiger partial charge < -0.3 is 15.5 Å². The predicted octanol–water partition coefficient (Wildman–Crippen LogP) is 4.94. The van der Waals surface area contributed by atoms with Crippen molar-refractivity contribution in [1.29, 1.82) is 0 Å². The Morgan fingerprint density at radius 1 is 1.27 bits per heavy atom. The fourth-order valence-corrected chi connectivity index (χ4v) is 5.19. The molecular weight excluding hydrogens is 460 g/mol. The lowest BCUT2D eigenvalue weighted by molar-refractivity contribution is -0.137. The molecule has 1 aromatic heterocycles. The SMILES string of the molecule is Cc1cc(C(F)(F)F)cc(N2[C@@H]3CC[C@@H](C3)[C@H]2C(=O)N(CCCN)c2ccc(F)c(Cl)c2)n1. The fraction of sp³-hybridized carbons (Fsp3) is 0.478. The van der Waals surface area contributed by atoms with Crippen LogP contribution in [0.3, 0.4) is 0 Å². The van der Waals surface area contributed by atoms with Crippen LogP contribution in [0.5, 0.6) is 0 Å². The van der Waals surface area contributed by atoms with Crippen LogP contribution >= 0.6 is 11.6 Å². The molecule has 2 aromatic rings. The molecule has 2 bridgehead atoms. The number of fused-ring (bicyclic) bond motifs is 2. The minimum absolute atomic E-state index is 0.00422. The Bertz CT molecular complexity index is 1050. The summed E-state index contributed by atoms with van der Waals surface area (Å²) in [6, 6.07) is 5.34. The van der Waals surface area contributed by atoms with Crippen LogP contribution in [-0.2, 0) is 11.0 Å². The third-order valence-corrected chi connectivity index (χ3v) is 6.73. The Balaban J connectivity index is 1.73. The zero-order chi connectivity index (χ0) is 23.9. The van der Waals surface area contributed by atoms with E-state index in [4.69, 9.17) is 17.3 Å². The zero-order valence-electron chi connectivity index (χ0n) is 18.1. The second-order valence-corrected chi connectivity index (χ2v) is 9.07. The van der Waals surface area contributed by atoms with Crippen molar-refractivity contribution in [3.63, 3.8) is 0 Å². The van der Waals surface area contributed by atoms with Gasteiger partial charge in [0, 0.05) is 24.0 Å². The molecular formula is C23H25ClF4N4O. The van der Waals surface area contributed by atoms with Gasteiger partial charge in [-0.1, -0.05) is 11.6 Å². The number of nitrogens with zero attached hydrogens (tertiary/aromatic N) is 3. The Labute approximate surface area is 194 Å². The van der Waals surface area contributed by atoms with Crippen molar-refractivity contribution < 1.29 is 22.4 Å². The number of rotatable bonds is 6. The van der Waals surface area contributed by atoms with E-state index < -0.39 is 23.6 Å². The summed E-state index contributed by atoms with van der Waals surface area (Å²) >= 11 is 5.96. The number of anilines is 2. The lowest BCUT2D eigenvalue weighted by Crippen LogP contribution is -2.53. The van der Waals surface area contributed by atoms with Gasteiger partial charge in [0.05, 0.1) is 10.6 Å². The molecule has 1 saturated heterocycles. The molecule has 178 valence electrons. The molecule has 2 heterocycles. The molecule has 4 rings (SSSR count). The third kappa shape index (κ3) is 4.66. The fourth-order valence-electron chi connectivity index (χ4n) is 5.01. The number of nitrogens with two attached hydrogens (primary N) is 1. The van der Waals surface area contributed by atoms with Crippen LogP contribution in [0.2, 0.25) is 5.02 Å². The smallest absolute Gasteiger partial charge is 0.341 e. The number of benzene rings is 1. The maximum atomic E-state index is 13.8. The Hall–Kier alpha value is -2.39. The minimum atomic E-state index is -4.52. The number of hydrogen-bond acceptors (Lipinski definition) is 4. The molecule has 1 amide bonds. The molecule has 0 radical (unpaired) electrons. The topological polar surface area (TPSA) is 62.5 Å². The number of aromatic nitrogens is 1. The number of hydrogen-bond donors (Lipinski definition) is 1. The van der Waals surface area contributed by atoms with Crippen LogP contribution in [0.15, 0.2) is 30.3 Å². The first-order valence-electron chi connectivity index (χ1n) is 10.9. The van der Waals surface area contributed by atoms with Crippen LogP contribution < -0.4 is 15.5 Å². The van der Waals surface area contributed by atoms with Crippen molar-refractivity contribution in [2.45, 2.75) is 50.9 Å². The Morgan fingerprint density at radius 2 is 2.03 bits per heavy atom. The molecule has 1 aliphatic carbocycles. The second kappa shape index (κ2) is 9.10. The van der Waals surface area contributed by atoms with Crippen LogP contribution in [0.1, 0.15) is 36.9 Å². The van der Waals surface area contributed by atoms with Gasteiger partial charge in [0.15, 0.2) is 0 Å². The van der Waals surface area contributed by atoms with E-state index in [2.05, 4.69) is 4.98 Å². The molecule has 2 fully saturated rings. The summed E-state index contributed by atoms with van der Waals surface area (Å²) in [6.45, 7) is 2.14. The second-order valence-electron chi connectivity index (χ2n) is 8.66. The number of piperidine rings is 1. The first kappa shape index (κ1) is 23.8. The quantitative estimate of drug-likeness (QED) is 0.590. The number of pyridine rings is 1. The highest BCUT2D eigenvalue weighted by atomic mass is 35.5. The van der Waals surface area contributed by atoms with Gasteiger partial charge in [-0.15, -0.1) is 0 Å². The highest BCUT2D eigenvalue weighted by Gasteiger charge is 2.51. The first-order valence-corrected chi connectivity index (χ1v) is 11.3. The maximum absolute atomic E-state index is 13.8. The van der Waals surface area contributed by atoms with Gasteiger partial charge in [0.1, 0.15) is 17.7 Å². The normalized spacial score (nSPS) is 22.2. The zero-order valence-corrected chi connectivity index (χ0v) is 18.8. The molecule has 1 aromatic carbocycles. The van der Waals surface area contributed by atoms with Crippen molar-refractivity contribution in [2.75, 3.05) is 22.9 Å². The summed E-state index contributed by atoms with van der Waals surface area (Å²) in [5, 5.41) is -0.113. The lowest BCUT2D eigenvalue weighted by atomic mass is 9.96. The number of aryl methyl sites for hydroxylation is 1. The molecule has 1 saturated carbocycles. The summed E-state index contributed by atoms with van der Waals surface area (Å²) in [6.07, 6.45) is -1.70. The monoisotopic (exact) mass is 484 g/mol. The predicted molar refractivity (Wildman–Crippen MR) is 119 cm³/mol. The van der Waals surface area contributed by atoms with Gasteiger partial charge in [-0.25, -0.2) is 9.37 Å². The molecule has 0 spiro atoms. The lowest BCUT2D eigenvalue weighted by Gasteiger charge is -2.38. The van der Waals surface area contributed by atoms with Crippen molar-refractivity contribution >= 4 is 29.0 Å². The summed E-state index contributed by atoms with van der Waals surface area (Å²) in [5.41, 5.74) is 5.54. The average molecular weight is 485 g/mol. The molecule has 5 nitrogen and oxygen atoms in total. The average Bonchev–Trinajstić information content (AvgIpc) is 3.37. The summed E-state index contributed by atoms with van der Waals surface area (Å²) in [4.78, 5) is 21.5. The molecule has 1 aliphatic heterocycles. The van der Waals surface area contributed by atoms with Crippen molar-refractivity contribution in [2.24, 2.45) is 11.7 Å². The van der Waals surface area contributed by atoms with Crippen LogP contribution in [-0.4, -0.2) is 36.1 Å². The number of carbonyl (C=O) groups is 1. The van der Waals surface area contributed by atoms with E-state index in [0.29, 0.717) is 25.1 Å². The largest absolute Gasteiger partial charge is 0.416 e. The van der Waals surface area contributed by atoms with E-state index in [1.807, 2.05) is 0 Å². The van der Waals surface area contributed by atoms with E-state index in [1.54, 1.807) is 4.90 Å². The first-order chi connectivity index (χ1) is 15.6. The van der Waals surface area contributed by atoms with Gasteiger partial charge in [-0.05, 0) is 75.4 Å². The summed E-state index contributed by atoms with van der Waals surface area (Å²) in [7, 11) is 0. The number of carbonyl (C=O) groups excluding carboxylic acids is 1. The Morgan fingerprint density at radius 3 is 2.70 bits per heavy atom. The van der Waals surface area contributed by atoms with E-state index in [-0.39, 0.29) is 40.9 Å².